The molecule has 34 heavy (non-hydrogen) atoms. The molecule has 0 heterocycles. The van der Waals surface area contributed by atoms with Crippen molar-refractivity contribution in [3.05, 3.63) is 108 Å². The van der Waals surface area contributed by atoms with Gasteiger partial charge in [0.15, 0.2) is 12.0 Å². The minimum atomic E-state index is -0.473. The second-order valence-corrected chi connectivity index (χ2v) is 7.77. The summed E-state index contributed by atoms with van der Waals surface area (Å²) in [5.41, 5.74) is 2.44. The fourth-order valence-electron chi connectivity index (χ4n) is 3.75. The summed E-state index contributed by atoms with van der Waals surface area (Å²) in [6.07, 6.45) is -0.473. The summed E-state index contributed by atoms with van der Waals surface area (Å²) < 4.78 is 11.9. The highest BCUT2D eigenvalue weighted by molar-refractivity contribution is 6.09. The molecule has 1 amide bonds. The van der Waals surface area contributed by atoms with Gasteiger partial charge in [0.05, 0.1) is 12.2 Å². The number of carbonyl (C=O) groups excluding carboxylic acids is 1. The Morgan fingerprint density at radius 2 is 1.56 bits per heavy atom. The smallest absolute Gasteiger partial charge is 0.303 e. The number of amides is 1. The van der Waals surface area contributed by atoms with E-state index in [1.54, 1.807) is 4.90 Å². The highest BCUT2D eigenvalue weighted by atomic mass is 16.7. The van der Waals surface area contributed by atoms with Crippen molar-refractivity contribution in [1.29, 1.82) is 0 Å². The molecule has 0 bridgehead atoms. The van der Waals surface area contributed by atoms with Crippen LogP contribution in [0.25, 0.3) is 10.8 Å². The standard InChI is InChI=1S/C30H27NO3/c1-3-33-23(2)34-30-27-17-11-10-16-26(27)19-20-28(30)31(22-25-14-8-5-9-15-25)29(32)21-18-24-12-6-4-7-13-24/h4-17,19-20,23H,3,22H2,1-2H3. The zero-order valence-electron chi connectivity index (χ0n) is 19.4. The molecule has 0 saturated heterocycles. The molecule has 4 heteroatoms. The lowest BCUT2D eigenvalue weighted by atomic mass is 10.1. The largest absolute Gasteiger partial charge is 0.462 e. The van der Waals surface area contributed by atoms with E-state index in [-0.39, 0.29) is 5.91 Å². The Bertz CT molecular complexity index is 1310. The van der Waals surface area contributed by atoms with Crippen LogP contribution in [0.5, 0.6) is 5.75 Å². The summed E-state index contributed by atoms with van der Waals surface area (Å²) in [5.74, 6) is 6.11. The van der Waals surface area contributed by atoms with Crippen molar-refractivity contribution in [2.45, 2.75) is 26.7 Å². The van der Waals surface area contributed by atoms with E-state index >= 15 is 0 Å². The van der Waals surface area contributed by atoms with Crippen LogP contribution in [-0.2, 0) is 16.1 Å². The van der Waals surface area contributed by atoms with Crippen LogP contribution in [0.15, 0.2) is 97.1 Å². The Labute approximate surface area is 200 Å². The zero-order valence-corrected chi connectivity index (χ0v) is 19.4. The maximum Gasteiger partial charge on any atom is 0.303 e. The van der Waals surface area contributed by atoms with E-state index in [2.05, 4.69) is 11.8 Å². The number of fused-ring (bicyclic) bond motifs is 1. The Morgan fingerprint density at radius 3 is 2.29 bits per heavy atom. The van der Waals surface area contributed by atoms with E-state index < -0.39 is 6.29 Å². The lowest BCUT2D eigenvalue weighted by Gasteiger charge is -2.26. The van der Waals surface area contributed by atoms with Gasteiger partial charge in [0.2, 0.25) is 0 Å². The van der Waals surface area contributed by atoms with Crippen molar-refractivity contribution in [2.75, 3.05) is 11.5 Å². The van der Waals surface area contributed by atoms with Crippen molar-refractivity contribution < 1.29 is 14.3 Å². The summed E-state index contributed by atoms with van der Waals surface area (Å²) in [6, 6.07) is 31.2. The monoisotopic (exact) mass is 449 g/mol. The molecule has 0 aliphatic rings. The number of ether oxygens (including phenoxy) is 2. The van der Waals surface area contributed by atoms with E-state index in [9.17, 15) is 4.79 Å². The number of hydrogen-bond acceptors (Lipinski definition) is 3. The van der Waals surface area contributed by atoms with Crippen LogP contribution < -0.4 is 9.64 Å². The van der Waals surface area contributed by atoms with Gasteiger partial charge in [-0.3, -0.25) is 9.69 Å². The molecule has 1 atom stereocenters. The summed E-state index contributed by atoms with van der Waals surface area (Å²) in [5, 5.41) is 1.93. The normalized spacial score (nSPS) is 11.4. The molecule has 4 nitrogen and oxygen atoms in total. The van der Waals surface area contributed by atoms with Gasteiger partial charge in [-0.1, -0.05) is 84.8 Å². The average molecular weight is 450 g/mol. The van der Waals surface area contributed by atoms with Crippen LogP contribution in [-0.4, -0.2) is 18.8 Å². The van der Waals surface area contributed by atoms with E-state index in [4.69, 9.17) is 9.47 Å². The summed E-state index contributed by atoms with van der Waals surface area (Å²) in [7, 11) is 0. The topological polar surface area (TPSA) is 38.8 Å². The first kappa shape index (κ1) is 23.1. The van der Waals surface area contributed by atoms with Gasteiger partial charge in [-0.05, 0) is 43.0 Å². The number of rotatable bonds is 7. The Morgan fingerprint density at radius 1 is 0.882 bits per heavy atom. The van der Waals surface area contributed by atoms with Crippen LogP contribution >= 0.6 is 0 Å². The second-order valence-electron chi connectivity index (χ2n) is 7.77. The molecule has 0 N–H and O–H groups in total. The molecule has 0 aliphatic carbocycles. The third-order valence-electron chi connectivity index (χ3n) is 5.35. The predicted octanol–water partition coefficient (Wildman–Crippen LogP) is 6.19. The number of anilines is 1. The maximum absolute atomic E-state index is 13.5. The van der Waals surface area contributed by atoms with Gasteiger partial charge in [-0.15, -0.1) is 0 Å². The van der Waals surface area contributed by atoms with Crippen molar-refractivity contribution in [3.8, 4) is 17.6 Å². The number of benzene rings is 4. The molecule has 0 saturated carbocycles. The van der Waals surface area contributed by atoms with Gasteiger partial charge >= 0.3 is 5.91 Å². The first-order chi connectivity index (χ1) is 16.7. The molecular formula is C30H27NO3. The van der Waals surface area contributed by atoms with Gasteiger partial charge in [-0.2, -0.15) is 0 Å². The Balaban J connectivity index is 1.81. The first-order valence-electron chi connectivity index (χ1n) is 11.4. The molecule has 4 rings (SSSR count). The SMILES string of the molecule is CCOC(C)Oc1c(N(Cc2ccccc2)C(=O)C#Cc2ccccc2)ccc2ccccc12. The quantitative estimate of drug-likeness (QED) is 0.250. The summed E-state index contributed by atoms with van der Waals surface area (Å²) in [4.78, 5) is 15.2. The van der Waals surface area contributed by atoms with Crippen molar-refractivity contribution in [3.63, 3.8) is 0 Å². The van der Waals surface area contributed by atoms with Gasteiger partial charge in [0.25, 0.3) is 0 Å². The number of hydrogen-bond donors (Lipinski definition) is 0. The summed E-state index contributed by atoms with van der Waals surface area (Å²) in [6.45, 7) is 4.67. The lowest BCUT2D eigenvalue weighted by molar-refractivity contribution is -0.113. The molecule has 170 valence electrons. The molecule has 4 aromatic rings. The second kappa shape index (κ2) is 11.2. The summed E-state index contributed by atoms with van der Waals surface area (Å²) >= 11 is 0. The Hall–Kier alpha value is -4.07. The van der Waals surface area contributed by atoms with Crippen LogP contribution in [0.2, 0.25) is 0 Å². The van der Waals surface area contributed by atoms with Gasteiger partial charge in [-0.25, -0.2) is 0 Å². The molecule has 0 aromatic heterocycles. The minimum absolute atomic E-state index is 0.308. The molecule has 1 unspecified atom stereocenters. The van der Waals surface area contributed by atoms with E-state index in [1.807, 2.05) is 111 Å². The van der Waals surface area contributed by atoms with E-state index in [0.29, 0.717) is 24.6 Å². The van der Waals surface area contributed by atoms with E-state index in [1.165, 1.54) is 0 Å². The third kappa shape index (κ3) is 5.64. The average Bonchev–Trinajstić information content (AvgIpc) is 2.88. The third-order valence-corrected chi connectivity index (χ3v) is 5.35. The zero-order chi connectivity index (χ0) is 23.8. The van der Waals surface area contributed by atoms with Crippen molar-refractivity contribution >= 4 is 22.4 Å². The molecule has 0 aliphatic heterocycles. The molecule has 0 radical (unpaired) electrons. The van der Waals surface area contributed by atoms with Crippen LogP contribution in [0.4, 0.5) is 5.69 Å². The highest BCUT2D eigenvalue weighted by Crippen LogP contribution is 2.38. The first-order valence-corrected chi connectivity index (χ1v) is 11.4. The van der Waals surface area contributed by atoms with Crippen molar-refractivity contribution in [1.82, 2.24) is 0 Å². The van der Waals surface area contributed by atoms with Crippen LogP contribution in [0.1, 0.15) is 25.0 Å². The molecule has 0 spiro atoms. The molecule has 0 fully saturated rings. The lowest BCUT2D eigenvalue weighted by Crippen LogP contribution is -2.30. The highest BCUT2D eigenvalue weighted by Gasteiger charge is 2.22. The van der Waals surface area contributed by atoms with Gasteiger partial charge in [0, 0.05) is 23.5 Å². The fourth-order valence-corrected chi connectivity index (χ4v) is 3.75. The fraction of sp³-hybridized carbons (Fsp3) is 0.167. The van der Waals surface area contributed by atoms with Crippen LogP contribution in [0, 0.1) is 11.8 Å². The van der Waals surface area contributed by atoms with Gasteiger partial charge in [0.1, 0.15) is 0 Å². The maximum atomic E-state index is 13.5. The van der Waals surface area contributed by atoms with E-state index in [0.717, 1.165) is 21.9 Å². The number of carbonyl (C=O) groups is 1. The molecular weight excluding hydrogens is 422 g/mol. The van der Waals surface area contributed by atoms with Crippen molar-refractivity contribution in [2.24, 2.45) is 0 Å². The predicted molar refractivity (Wildman–Crippen MR) is 137 cm³/mol. The number of nitrogens with zero attached hydrogens (tertiary/aromatic N) is 1. The van der Waals surface area contributed by atoms with Gasteiger partial charge < -0.3 is 9.47 Å². The Kier molecular flexibility index (Phi) is 7.60. The minimum Gasteiger partial charge on any atom is -0.462 e. The van der Waals surface area contributed by atoms with Crippen LogP contribution in [0.3, 0.4) is 0 Å². The molecule has 4 aromatic carbocycles.